The lowest BCUT2D eigenvalue weighted by atomic mass is 10.2. The molecule has 19 heavy (non-hydrogen) atoms. The quantitative estimate of drug-likeness (QED) is 0.860. The van der Waals surface area contributed by atoms with Crippen LogP contribution in [-0.2, 0) is 5.75 Å². The zero-order chi connectivity index (χ0) is 13.8. The van der Waals surface area contributed by atoms with Gasteiger partial charge < -0.3 is 4.98 Å². The molecule has 2 aromatic rings. The van der Waals surface area contributed by atoms with E-state index in [0.29, 0.717) is 12.2 Å². The van der Waals surface area contributed by atoms with Gasteiger partial charge in [0.2, 0.25) is 0 Å². The second kappa shape index (κ2) is 6.22. The molecule has 0 aromatic carbocycles. The van der Waals surface area contributed by atoms with Gasteiger partial charge in [-0.2, -0.15) is 17.0 Å². The lowest BCUT2D eigenvalue weighted by Gasteiger charge is -2.00. The summed E-state index contributed by atoms with van der Waals surface area (Å²) in [5.74, 6) is 2.32. The normalized spacial score (nSPS) is 10.8. The minimum Gasteiger partial charge on any atom is -0.309 e. The molecule has 0 amide bonds. The number of unbranched alkanes of at least 4 members (excludes halogenated alkanes) is 1. The molecule has 0 fully saturated rings. The Morgan fingerprint density at radius 1 is 1.47 bits per heavy atom. The van der Waals surface area contributed by atoms with E-state index in [4.69, 9.17) is 5.26 Å². The first-order chi connectivity index (χ1) is 9.13. The van der Waals surface area contributed by atoms with Gasteiger partial charge in [0.25, 0.3) is 5.56 Å². The van der Waals surface area contributed by atoms with Crippen molar-refractivity contribution in [1.29, 1.82) is 5.26 Å². The van der Waals surface area contributed by atoms with Gasteiger partial charge in [0.1, 0.15) is 10.7 Å². The van der Waals surface area contributed by atoms with Gasteiger partial charge in [-0.05, 0) is 31.6 Å². The first kappa shape index (κ1) is 14.1. The van der Waals surface area contributed by atoms with Crippen LogP contribution in [0.25, 0.3) is 10.2 Å². The summed E-state index contributed by atoms with van der Waals surface area (Å²) in [6.07, 6.45) is 1.46. The number of thioether (sulfide) groups is 1. The highest BCUT2D eigenvalue weighted by atomic mass is 32.2. The number of hydrogen-bond donors (Lipinski definition) is 1. The number of fused-ring (bicyclic) bond motifs is 1. The predicted molar refractivity (Wildman–Crippen MR) is 80.7 cm³/mol. The topological polar surface area (TPSA) is 69.5 Å². The van der Waals surface area contributed by atoms with Crippen LogP contribution >= 0.6 is 23.1 Å². The molecular formula is C13H15N3OS2. The average Bonchev–Trinajstić information content (AvgIpc) is 2.65. The first-order valence-electron chi connectivity index (χ1n) is 6.07. The number of nitrogens with zero attached hydrogens (tertiary/aromatic N) is 2. The predicted octanol–water partition coefficient (Wildman–Crippen LogP) is 3.14. The summed E-state index contributed by atoms with van der Waals surface area (Å²) in [4.78, 5) is 21.4. The number of thiophene rings is 1. The number of rotatable bonds is 5. The maximum atomic E-state index is 12.0. The molecule has 0 spiro atoms. The Morgan fingerprint density at radius 3 is 3.00 bits per heavy atom. The van der Waals surface area contributed by atoms with Crippen molar-refractivity contribution >= 4 is 33.3 Å². The molecule has 4 nitrogen and oxygen atoms in total. The molecule has 0 unspecified atom stereocenters. The molecule has 0 bridgehead atoms. The number of nitriles is 1. The minimum absolute atomic E-state index is 0.0422. The van der Waals surface area contributed by atoms with E-state index >= 15 is 0 Å². The van der Waals surface area contributed by atoms with Crippen molar-refractivity contribution in [1.82, 2.24) is 9.97 Å². The van der Waals surface area contributed by atoms with E-state index in [1.807, 2.05) is 13.8 Å². The van der Waals surface area contributed by atoms with Gasteiger partial charge in [0, 0.05) is 11.3 Å². The minimum atomic E-state index is -0.0422. The Balaban J connectivity index is 2.13. The van der Waals surface area contributed by atoms with Crippen molar-refractivity contribution in [3.05, 3.63) is 26.6 Å². The molecule has 2 heterocycles. The second-order valence-electron chi connectivity index (χ2n) is 4.29. The summed E-state index contributed by atoms with van der Waals surface area (Å²) in [6.45, 7) is 3.97. The van der Waals surface area contributed by atoms with Crippen LogP contribution in [0.15, 0.2) is 4.79 Å². The van der Waals surface area contributed by atoms with Crippen LogP contribution < -0.4 is 5.56 Å². The van der Waals surface area contributed by atoms with Gasteiger partial charge in [0.15, 0.2) is 0 Å². The average molecular weight is 293 g/mol. The first-order valence-corrected chi connectivity index (χ1v) is 8.04. The van der Waals surface area contributed by atoms with Gasteiger partial charge in [0.05, 0.1) is 17.2 Å². The number of nitrogens with one attached hydrogen (secondary N) is 1. The zero-order valence-corrected chi connectivity index (χ0v) is 12.6. The highest BCUT2D eigenvalue weighted by Crippen LogP contribution is 2.26. The van der Waals surface area contributed by atoms with Crippen LogP contribution in [0.3, 0.4) is 0 Å². The van der Waals surface area contributed by atoms with E-state index in [0.717, 1.165) is 38.7 Å². The maximum absolute atomic E-state index is 12.0. The molecule has 2 rings (SSSR count). The van der Waals surface area contributed by atoms with Crippen LogP contribution in [0.4, 0.5) is 0 Å². The molecule has 2 aromatic heterocycles. The Morgan fingerprint density at radius 2 is 2.26 bits per heavy atom. The lowest BCUT2D eigenvalue weighted by Crippen LogP contribution is -2.10. The Labute approximate surface area is 119 Å². The highest BCUT2D eigenvalue weighted by Gasteiger charge is 2.11. The Kier molecular flexibility index (Phi) is 4.61. The van der Waals surface area contributed by atoms with Crippen molar-refractivity contribution in [2.75, 3.05) is 5.75 Å². The molecule has 100 valence electrons. The number of hydrogen-bond acceptors (Lipinski definition) is 5. The van der Waals surface area contributed by atoms with Gasteiger partial charge in [-0.15, -0.1) is 11.3 Å². The summed E-state index contributed by atoms with van der Waals surface area (Å²) in [5.41, 5.74) is 0.987. The van der Waals surface area contributed by atoms with Gasteiger partial charge in [-0.1, -0.05) is 0 Å². The van der Waals surface area contributed by atoms with Crippen molar-refractivity contribution in [3.63, 3.8) is 0 Å². The van der Waals surface area contributed by atoms with Crippen LogP contribution in [0.2, 0.25) is 0 Å². The fraction of sp³-hybridized carbons (Fsp3) is 0.462. The van der Waals surface area contributed by atoms with E-state index in [2.05, 4.69) is 16.0 Å². The van der Waals surface area contributed by atoms with Crippen LogP contribution in [-0.4, -0.2) is 15.7 Å². The van der Waals surface area contributed by atoms with Crippen molar-refractivity contribution in [3.8, 4) is 6.07 Å². The van der Waals surface area contributed by atoms with Gasteiger partial charge in [-0.25, -0.2) is 4.98 Å². The van der Waals surface area contributed by atoms with E-state index in [1.54, 1.807) is 23.1 Å². The summed E-state index contributed by atoms with van der Waals surface area (Å²) in [7, 11) is 0. The summed E-state index contributed by atoms with van der Waals surface area (Å²) in [5, 5.41) is 9.17. The van der Waals surface area contributed by atoms with Gasteiger partial charge >= 0.3 is 0 Å². The molecule has 0 aliphatic heterocycles. The molecule has 1 N–H and O–H groups in total. The largest absolute Gasteiger partial charge is 0.309 e. The van der Waals surface area contributed by atoms with E-state index in [-0.39, 0.29) is 5.56 Å². The van der Waals surface area contributed by atoms with Crippen molar-refractivity contribution in [2.24, 2.45) is 0 Å². The summed E-state index contributed by atoms with van der Waals surface area (Å²) >= 11 is 3.27. The van der Waals surface area contributed by atoms with E-state index in [1.165, 1.54) is 0 Å². The highest BCUT2D eigenvalue weighted by molar-refractivity contribution is 7.98. The van der Waals surface area contributed by atoms with Crippen LogP contribution in [0.1, 0.15) is 29.1 Å². The second-order valence-corrected chi connectivity index (χ2v) is 6.60. The SMILES string of the molecule is Cc1sc2nc(CSCCCC#N)[nH]c(=O)c2c1C. The fourth-order valence-electron chi connectivity index (χ4n) is 1.79. The molecule has 0 radical (unpaired) electrons. The number of H-pyrrole nitrogens is 1. The molecule has 0 saturated carbocycles. The van der Waals surface area contributed by atoms with Gasteiger partial charge in [-0.3, -0.25) is 4.79 Å². The molecule has 0 atom stereocenters. The number of aromatic nitrogens is 2. The third-order valence-electron chi connectivity index (χ3n) is 2.90. The van der Waals surface area contributed by atoms with E-state index in [9.17, 15) is 4.79 Å². The van der Waals surface area contributed by atoms with Crippen LogP contribution in [0, 0.1) is 25.2 Å². The summed E-state index contributed by atoms with van der Waals surface area (Å²) in [6, 6.07) is 2.12. The number of aromatic amines is 1. The molecule has 6 heteroatoms. The van der Waals surface area contributed by atoms with Crippen LogP contribution in [0.5, 0.6) is 0 Å². The standard InChI is InChI=1S/C13H15N3OS2/c1-8-9(2)19-13-11(8)12(17)15-10(16-13)7-18-6-4-3-5-14/h3-4,6-7H2,1-2H3,(H,15,16,17). The Bertz CT molecular complexity index is 681. The third kappa shape index (κ3) is 3.17. The molecule has 0 aliphatic rings. The fourth-order valence-corrected chi connectivity index (χ4v) is 3.66. The Hall–Kier alpha value is -1.32. The number of aryl methyl sites for hydroxylation is 2. The molecule has 0 saturated heterocycles. The summed E-state index contributed by atoms with van der Waals surface area (Å²) < 4.78 is 0. The smallest absolute Gasteiger partial charge is 0.259 e. The monoisotopic (exact) mass is 293 g/mol. The van der Waals surface area contributed by atoms with Crippen molar-refractivity contribution in [2.45, 2.75) is 32.4 Å². The molecular weight excluding hydrogens is 278 g/mol. The third-order valence-corrected chi connectivity index (χ3v) is 5.06. The molecule has 0 aliphatic carbocycles. The van der Waals surface area contributed by atoms with Crippen molar-refractivity contribution < 1.29 is 0 Å². The zero-order valence-electron chi connectivity index (χ0n) is 10.9. The lowest BCUT2D eigenvalue weighted by molar-refractivity contribution is 0.976. The maximum Gasteiger partial charge on any atom is 0.259 e. The van der Waals surface area contributed by atoms with E-state index < -0.39 is 0 Å².